The van der Waals surface area contributed by atoms with Gasteiger partial charge in [-0.15, -0.1) is 0 Å². The van der Waals surface area contributed by atoms with Crippen LogP contribution in [0.1, 0.15) is 57.9 Å². The van der Waals surface area contributed by atoms with E-state index in [1.807, 2.05) is 0 Å². The number of hydrogen-bond acceptors (Lipinski definition) is 0. The van der Waals surface area contributed by atoms with Crippen LogP contribution in [0.4, 0.5) is 0 Å². The molecule has 0 N–H and O–H groups in total. The second kappa shape index (κ2) is 9.54. The number of hydrogen-bond donors (Lipinski definition) is 0. The second-order valence-corrected chi connectivity index (χ2v) is 4.59. The molecule has 0 aliphatic rings. The fraction of sp³-hybridized carbons (Fsp3) is 0.444. The predicted octanol–water partition coefficient (Wildman–Crippen LogP) is 5.45. The Morgan fingerprint density at radius 1 is 1.06 bits per heavy atom. The summed E-state index contributed by atoms with van der Waals surface area (Å²) >= 11 is 0. The zero-order valence-electron chi connectivity index (χ0n) is 11.7. The van der Waals surface area contributed by atoms with Gasteiger partial charge in [0.25, 0.3) is 0 Å². The Morgan fingerprint density at radius 3 is 2.44 bits per heavy atom. The molecule has 0 heterocycles. The zero-order valence-corrected chi connectivity index (χ0v) is 11.7. The normalized spacial score (nSPS) is 10.9. The van der Waals surface area contributed by atoms with Crippen LogP contribution in [-0.2, 0) is 0 Å². The Labute approximate surface area is 112 Å². The van der Waals surface area contributed by atoms with Crippen LogP contribution in [0.5, 0.6) is 0 Å². The van der Waals surface area contributed by atoms with Crippen molar-refractivity contribution in [2.24, 2.45) is 0 Å². The summed E-state index contributed by atoms with van der Waals surface area (Å²) in [5.74, 6) is 6.65. The highest BCUT2D eigenvalue weighted by Crippen LogP contribution is 2.12. The van der Waals surface area contributed by atoms with Crippen molar-refractivity contribution >= 4 is 6.08 Å². The lowest BCUT2D eigenvalue weighted by Crippen LogP contribution is -1.82. The molecule has 0 aromatic heterocycles. The minimum Gasteiger partial charge on any atom is -0.0982 e. The van der Waals surface area contributed by atoms with E-state index in [4.69, 9.17) is 0 Å². The minimum atomic E-state index is 1.02. The summed E-state index contributed by atoms with van der Waals surface area (Å²) in [5, 5.41) is 0. The van der Waals surface area contributed by atoms with Gasteiger partial charge in [0.05, 0.1) is 0 Å². The number of allylic oxidation sites excluding steroid dienone is 1. The van der Waals surface area contributed by atoms with E-state index in [-0.39, 0.29) is 0 Å². The molecule has 1 aromatic carbocycles. The molecule has 1 rings (SSSR count). The molecule has 0 saturated heterocycles. The van der Waals surface area contributed by atoms with Gasteiger partial charge in [0.2, 0.25) is 0 Å². The van der Waals surface area contributed by atoms with Crippen LogP contribution < -0.4 is 0 Å². The first-order chi connectivity index (χ1) is 8.86. The topological polar surface area (TPSA) is 0 Å². The first-order valence-electron chi connectivity index (χ1n) is 7.11. The van der Waals surface area contributed by atoms with Crippen LogP contribution in [0.3, 0.4) is 0 Å². The highest BCUT2D eigenvalue weighted by atomic mass is 14.0. The van der Waals surface area contributed by atoms with Crippen LogP contribution in [0.15, 0.2) is 35.9 Å². The van der Waals surface area contributed by atoms with Gasteiger partial charge in [-0.2, -0.15) is 0 Å². The molecule has 0 bridgehead atoms. The average Bonchev–Trinajstić information content (AvgIpc) is 2.41. The molecule has 0 fully saturated rings. The maximum absolute atomic E-state index is 3.35. The quantitative estimate of drug-likeness (QED) is 0.458. The molecule has 0 unspecified atom stereocenters. The molecule has 0 aliphatic carbocycles. The third kappa shape index (κ3) is 6.30. The third-order valence-corrected chi connectivity index (χ3v) is 2.84. The second-order valence-electron chi connectivity index (χ2n) is 4.59. The van der Waals surface area contributed by atoms with E-state index in [9.17, 15) is 0 Å². The van der Waals surface area contributed by atoms with Crippen molar-refractivity contribution in [2.75, 3.05) is 0 Å². The summed E-state index contributed by atoms with van der Waals surface area (Å²) in [7, 11) is 0. The molecule has 0 radical (unpaired) electrons. The molecular weight excluding hydrogens is 216 g/mol. The van der Waals surface area contributed by atoms with Crippen LogP contribution in [0.2, 0.25) is 0 Å². The fourth-order valence-corrected chi connectivity index (χ4v) is 1.73. The van der Waals surface area contributed by atoms with Crippen LogP contribution >= 0.6 is 0 Å². The lowest BCUT2D eigenvalue weighted by atomic mass is 10.1. The molecule has 0 heteroatoms. The molecule has 18 heavy (non-hydrogen) atoms. The average molecular weight is 240 g/mol. The molecule has 0 aliphatic heterocycles. The van der Waals surface area contributed by atoms with Crippen molar-refractivity contribution in [3.8, 4) is 11.8 Å². The van der Waals surface area contributed by atoms with Gasteiger partial charge in [0.1, 0.15) is 0 Å². The molecule has 1 aromatic rings. The molecule has 0 atom stereocenters. The Balaban J connectivity index is 2.70. The highest BCUT2D eigenvalue weighted by molar-refractivity contribution is 5.57. The monoisotopic (exact) mass is 240 g/mol. The van der Waals surface area contributed by atoms with Crippen molar-refractivity contribution in [2.45, 2.75) is 52.4 Å². The number of rotatable bonds is 6. The van der Waals surface area contributed by atoms with Gasteiger partial charge in [0, 0.05) is 12.0 Å². The highest BCUT2D eigenvalue weighted by Gasteiger charge is 1.94. The smallest absolute Gasteiger partial charge is 0.00922 e. The van der Waals surface area contributed by atoms with Gasteiger partial charge in [-0.25, -0.2) is 0 Å². The van der Waals surface area contributed by atoms with E-state index in [1.165, 1.54) is 36.8 Å². The first kappa shape index (κ1) is 14.6. The van der Waals surface area contributed by atoms with E-state index in [0.717, 1.165) is 12.8 Å². The van der Waals surface area contributed by atoms with Gasteiger partial charge < -0.3 is 0 Å². The Morgan fingerprint density at radius 2 is 1.78 bits per heavy atom. The molecule has 0 spiro atoms. The first-order valence-corrected chi connectivity index (χ1v) is 7.11. The Bertz CT molecular complexity index is 401. The van der Waals surface area contributed by atoms with Crippen molar-refractivity contribution in [1.82, 2.24) is 0 Å². The van der Waals surface area contributed by atoms with E-state index < -0.39 is 0 Å². The maximum atomic E-state index is 3.35. The molecular formula is C18H24. The Kier molecular flexibility index (Phi) is 7.73. The van der Waals surface area contributed by atoms with Crippen LogP contribution in [0.25, 0.3) is 6.08 Å². The van der Waals surface area contributed by atoms with Gasteiger partial charge in [-0.05, 0) is 30.9 Å². The van der Waals surface area contributed by atoms with E-state index in [1.54, 1.807) is 0 Å². The predicted molar refractivity (Wildman–Crippen MR) is 81.2 cm³/mol. The molecule has 0 nitrogen and oxygen atoms in total. The Hall–Kier alpha value is -1.48. The van der Waals surface area contributed by atoms with Crippen LogP contribution in [-0.4, -0.2) is 0 Å². The van der Waals surface area contributed by atoms with Crippen molar-refractivity contribution in [1.29, 1.82) is 0 Å². The number of benzene rings is 1. The van der Waals surface area contributed by atoms with E-state index in [0.29, 0.717) is 0 Å². The lowest BCUT2D eigenvalue weighted by molar-refractivity contribution is 0.802. The molecule has 96 valence electrons. The summed E-state index contributed by atoms with van der Waals surface area (Å²) in [6, 6.07) is 10.5. The lowest BCUT2D eigenvalue weighted by Gasteiger charge is -1.99. The van der Waals surface area contributed by atoms with Crippen LogP contribution in [0, 0.1) is 11.8 Å². The third-order valence-electron chi connectivity index (χ3n) is 2.84. The SMILES string of the molecule is CCCCC#C/C(=C\c1ccccc1)CCCC. The minimum absolute atomic E-state index is 1.02. The summed E-state index contributed by atoms with van der Waals surface area (Å²) in [6.07, 6.45) is 9.23. The fourth-order valence-electron chi connectivity index (χ4n) is 1.73. The standard InChI is InChI=1S/C18H24/c1-3-5-7-9-13-17(12-6-4-2)16-18-14-10-8-11-15-18/h8,10-11,14-16H,3-7,12H2,1-2H3/b17-16-. The number of unbranched alkanes of at least 4 members (excludes halogenated alkanes) is 3. The molecule has 0 saturated carbocycles. The van der Waals surface area contributed by atoms with Crippen molar-refractivity contribution < 1.29 is 0 Å². The zero-order chi connectivity index (χ0) is 13.1. The van der Waals surface area contributed by atoms with Gasteiger partial charge in [-0.1, -0.05) is 68.9 Å². The summed E-state index contributed by atoms with van der Waals surface area (Å²) in [6.45, 7) is 4.43. The largest absolute Gasteiger partial charge is 0.0982 e. The summed E-state index contributed by atoms with van der Waals surface area (Å²) < 4.78 is 0. The summed E-state index contributed by atoms with van der Waals surface area (Å²) in [4.78, 5) is 0. The van der Waals surface area contributed by atoms with E-state index >= 15 is 0 Å². The van der Waals surface area contributed by atoms with E-state index in [2.05, 4.69) is 62.1 Å². The molecule has 0 amide bonds. The van der Waals surface area contributed by atoms with Gasteiger partial charge in [0.15, 0.2) is 0 Å². The van der Waals surface area contributed by atoms with Gasteiger partial charge in [-0.3, -0.25) is 0 Å². The maximum Gasteiger partial charge on any atom is 0.00922 e. The van der Waals surface area contributed by atoms with Gasteiger partial charge >= 0.3 is 0 Å². The summed E-state index contributed by atoms with van der Waals surface area (Å²) in [5.41, 5.74) is 2.53. The van der Waals surface area contributed by atoms with Crippen molar-refractivity contribution in [3.63, 3.8) is 0 Å². The van der Waals surface area contributed by atoms with Crippen molar-refractivity contribution in [3.05, 3.63) is 41.5 Å².